The molecule has 0 bridgehead atoms. The summed E-state index contributed by atoms with van der Waals surface area (Å²) in [4.78, 5) is 28.8. The third kappa shape index (κ3) is 4.88. The number of H-pyrrole nitrogens is 1. The lowest BCUT2D eigenvalue weighted by Gasteiger charge is -2.38. The minimum Gasteiger partial charge on any atom is -0.462 e. The van der Waals surface area contributed by atoms with E-state index in [4.69, 9.17) is 14.7 Å². The number of hydrogen-bond donors (Lipinski definition) is 1. The zero-order valence-electron chi connectivity index (χ0n) is 23.3. The van der Waals surface area contributed by atoms with E-state index in [1.165, 1.54) is 34.6 Å². The molecule has 9 nitrogen and oxygen atoms in total. The van der Waals surface area contributed by atoms with Gasteiger partial charge in [-0.1, -0.05) is 19.6 Å². The number of piperazine rings is 1. The molecule has 0 saturated carbocycles. The lowest BCUT2D eigenvalue weighted by atomic mass is 9.73. The number of anilines is 1. The number of amides is 1. The number of rotatable bonds is 6. The number of nitrogens with zero attached hydrogens (tertiary/aromatic N) is 6. The van der Waals surface area contributed by atoms with Crippen molar-refractivity contribution in [3.05, 3.63) is 53.4 Å². The van der Waals surface area contributed by atoms with Gasteiger partial charge in [0.05, 0.1) is 17.4 Å². The molecule has 6 rings (SSSR count). The van der Waals surface area contributed by atoms with Crippen molar-refractivity contribution in [3.8, 4) is 6.01 Å². The van der Waals surface area contributed by atoms with E-state index in [0.717, 1.165) is 55.9 Å². The van der Waals surface area contributed by atoms with Crippen molar-refractivity contribution < 1.29 is 9.53 Å². The van der Waals surface area contributed by atoms with Crippen LogP contribution in [-0.4, -0.2) is 88.3 Å². The predicted octanol–water partition coefficient (Wildman–Crippen LogP) is 3.49. The van der Waals surface area contributed by atoms with Crippen LogP contribution in [0.4, 0.5) is 5.82 Å². The highest BCUT2D eigenvalue weighted by Gasteiger charge is 2.35. The SMILES string of the molecule is C=CC(=O)N1CCN(c2nc(OC[C@@H]3CCCN3C)nc3c2C[C@@H](C)[C@H](c2c(C)ccc4[nH]ncc24)C3)CC1. The molecule has 39 heavy (non-hydrogen) atoms. The minimum atomic E-state index is -0.00988. The maximum atomic E-state index is 12.2. The molecule has 1 aromatic carbocycles. The second kappa shape index (κ2) is 10.6. The van der Waals surface area contributed by atoms with Crippen molar-refractivity contribution in [3.63, 3.8) is 0 Å². The van der Waals surface area contributed by atoms with Gasteiger partial charge in [0.1, 0.15) is 12.4 Å². The molecule has 0 radical (unpaired) electrons. The minimum absolute atomic E-state index is 0.00988. The van der Waals surface area contributed by atoms with Crippen LogP contribution in [0, 0.1) is 12.8 Å². The van der Waals surface area contributed by atoms with E-state index in [2.05, 4.69) is 59.6 Å². The largest absolute Gasteiger partial charge is 0.462 e. The van der Waals surface area contributed by atoms with Crippen LogP contribution in [0.2, 0.25) is 0 Å². The Morgan fingerprint density at radius 3 is 2.74 bits per heavy atom. The standard InChI is InChI=1S/C30H39N7O2/c1-5-27(38)36-11-13-37(14-12-36)29-23-15-20(3)22(28-19(2)8-9-25-24(28)17-31-34-25)16-26(23)32-30(33-29)39-18-21-7-6-10-35(21)4/h5,8-9,17,20-22H,1,6-7,10-16,18H2,2-4H3,(H,31,34)/t20-,21+,22-/m1/s1. The maximum absolute atomic E-state index is 12.2. The average molecular weight is 530 g/mol. The first-order valence-corrected chi connectivity index (χ1v) is 14.2. The third-order valence-electron chi connectivity index (χ3n) is 9.07. The van der Waals surface area contributed by atoms with Crippen molar-refractivity contribution in [2.24, 2.45) is 5.92 Å². The average Bonchev–Trinajstić information content (AvgIpc) is 3.59. The smallest absolute Gasteiger partial charge is 0.318 e. The summed E-state index contributed by atoms with van der Waals surface area (Å²) < 4.78 is 6.30. The van der Waals surface area contributed by atoms with Crippen LogP contribution in [0.1, 0.15) is 48.1 Å². The summed E-state index contributed by atoms with van der Waals surface area (Å²) in [6, 6.07) is 5.18. The molecule has 3 aromatic rings. The molecule has 3 aliphatic rings. The van der Waals surface area contributed by atoms with Crippen LogP contribution in [0.5, 0.6) is 6.01 Å². The lowest BCUT2D eigenvalue weighted by molar-refractivity contribution is -0.126. The zero-order chi connectivity index (χ0) is 27.1. The summed E-state index contributed by atoms with van der Waals surface area (Å²) in [5.74, 6) is 1.72. The highest BCUT2D eigenvalue weighted by Crippen LogP contribution is 2.43. The molecule has 4 heterocycles. The second-order valence-electron chi connectivity index (χ2n) is 11.5. The number of nitrogens with one attached hydrogen (secondary N) is 1. The number of aryl methyl sites for hydroxylation is 1. The van der Waals surface area contributed by atoms with Crippen molar-refractivity contribution in [2.75, 3.05) is 51.3 Å². The molecule has 0 unspecified atom stereocenters. The quantitative estimate of drug-likeness (QED) is 0.489. The molecule has 2 aliphatic heterocycles. The predicted molar refractivity (Wildman–Crippen MR) is 152 cm³/mol. The first-order valence-electron chi connectivity index (χ1n) is 14.2. The highest BCUT2D eigenvalue weighted by molar-refractivity contribution is 5.87. The Labute approximate surface area is 230 Å². The van der Waals surface area contributed by atoms with Gasteiger partial charge in [0.25, 0.3) is 0 Å². The summed E-state index contributed by atoms with van der Waals surface area (Å²) >= 11 is 0. The number of likely N-dealkylation sites (N-methyl/N-ethyl adjacent to an activating group) is 1. The van der Waals surface area contributed by atoms with Crippen LogP contribution in [0.3, 0.4) is 0 Å². The number of fused-ring (bicyclic) bond motifs is 2. The Kier molecular flexibility index (Phi) is 7.01. The number of likely N-dealkylation sites (tertiary alicyclic amines) is 1. The number of ether oxygens (including phenoxy) is 1. The van der Waals surface area contributed by atoms with E-state index >= 15 is 0 Å². The molecule has 2 saturated heterocycles. The van der Waals surface area contributed by atoms with E-state index in [9.17, 15) is 4.79 Å². The van der Waals surface area contributed by atoms with Gasteiger partial charge in [-0.15, -0.1) is 0 Å². The Balaban J connectivity index is 1.34. The molecule has 2 aromatic heterocycles. The normalized spacial score (nSPS) is 23.7. The number of aromatic nitrogens is 4. The molecular formula is C30H39N7O2. The molecule has 206 valence electrons. The molecule has 1 N–H and O–H groups in total. The number of benzene rings is 1. The highest BCUT2D eigenvalue weighted by atomic mass is 16.5. The van der Waals surface area contributed by atoms with Gasteiger partial charge in [0.15, 0.2) is 0 Å². The van der Waals surface area contributed by atoms with E-state index in [1.54, 1.807) is 0 Å². The van der Waals surface area contributed by atoms with Crippen molar-refractivity contribution in [1.29, 1.82) is 0 Å². The monoisotopic (exact) mass is 529 g/mol. The summed E-state index contributed by atoms with van der Waals surface area (Å²) in [6.07, 6.45) is 7.45. The van der Waals surface area contributed by atoms with Gasteiger partial charge in [-0.3, -0.25) is 9.89 Å². The van der Waals surface area contributed by atoms with Gasteiger partial charge in [-0.05, 0) is 81.3 Å². The van der Waals surface area contributed by atoms with Crippen molar-refractivity contribution >= 4 is 22.6 Å². The maximum Gasteiger partial charge on any atom is 0.318 e. The topological polar surface area (TPSA) is 90.5 Å². The van der Waals surface area contributed by atoms with Crippen LogP contribution in [0.15, 0.2) is 31.0 Å². The fourth-order valence-electron chi connectivity index (χ4n) is 6.73. The van der Waals surface area contributed by atoms with Crippen molar-refractivity contribution in [1.82, 2.24) is 30.0 Å². The van der Waals surface area contributed by atoms with Crippen LogP contribution in [0.25, 0.3) is 10.9 Å². The number of hydrogen-bond acceptors (Lipinski definition) is 7. The Morgan fingerprint density at radius 1 is 1.18 bits per heavy atom. The summed E-state index contributed by atoms with van der Waals surface area (Å²) in [5, 5.41) is 8.68. The summed E-state index contributed by atoms with van der Waals surface area (Å²) in [6.45, 7) is 12.7. The van der Waals surface area contributed by atoms with Gasteiger partial charge in [0, 0.05) is 43.2 Å². The van der Waals surface area contributed by atoms with Gasteiger partial charge in [-0.25, -0.2) is 0 Å². The van der Waals surface area contributed by atoms with Gasteiger partial charge in [0.2, 0.25) is 5.91 Å². The van der Waals surface area contributed by atoms with Crippen LogP contribution in [-0.2, 0) is 17.6 Å². The van der Waals surface area contributed by atoms with Gasteiger partial charge in [-0.2, -0.15) is 15.1 Å². The fraction of sp³-hybridized carbons (Fsp3) is 0.533. The van der Waals surface area contributed by atoms with E-state index in [0.29, 0.717) is 43.6 Å². The van der Waals surface area contributed by atoms with Crippen molar-refractivity contribution in [2.45, 2.75) is 51.5 Å². The zero-order valence-corrected chi connectivity index (χ0v) is 23.3. The molecule has 1 amide bonds. The molecule has 2 fully saturated rings. The van der Waals surface area contributed by atoms with E-state index in [1.807, 2.05) is 11.1 Å². The Hall–Kier alpha value is -3.46. The lowest BCUT2D eigenvalue weighted by Crippen LogP contribution is -2.49. The third-order valence-corrected chi connectivity index (χ3v) is 9.07. The first kappa shape index (κ1) is 25.8. The number of aromatic amines is 1. The van der Waals surface area contributed by atoms with E-state index < -0.39 is 0 Å². The summed E-state index contributed by atoms with van der Waals surface area (Å²) in [5.41, 5.74) is 6.05. The van der Waals surface area contributed by atoms with Crippen LogP contribution >= 0.6 is 0 Å². The molecular weight excluding hydrogens is 490 g/mol. The number of carbonyl (C=O) groups is 1. The molecule has 0 spiro atoms. The van der Waals surface area contributed by atoms with E-state index in [-0.39, 0.29) is 5.91 Å². The molecule has 3 atom stereocenters. The first-order chi connectivity index (χ1) is 18.9. The Morgan fingerprint density at radius 2 is 2.00 bits per heavy atom. The molecule has 1 aliphatic carbocycles. The molecule has 9 heteroatoms. The number of carbonyl (C=O) groups excluding carboxylic acids is 1. The fourth-order valence-corrected chi connectivity index (χ4v) is 6.73. The van der Waals surface area contributed by atoms with Gasteiger partial charge < -0.3 is 19.4 Å². The summed E-state index contributed by atoms with van der Waals surface area (Å²) in [7, 11) is 2.16. The second-order valence-corrected chi connectivity index (χ2v) is 11.5. The Bertz CT molecular complexity index is 1380. The van der Waals surface area contributed by atoms with Gasteiger partial charge >= 0.3 is 6.01 Å². The van der Waals surface area contributed by atoms with Crippen LogP contribution < -0.4 is 9.64 Å².